The van der Waals surface area contributed by atoms with E-state index in [0.717, 1.165) is 0 Å². The zero-order chi connectivity index (χ0) is 11.8. The Kier molecular flexibility index (Phi) is 2.39. The maximum atomic E-state index is 11.8. The fourth-order valence-electron chi connectivity index (χ4n) is 1.59. The predicted molar refractivity (Wildman–Crippen MR) is 62.5 cm³/mol. The zero-order valence-electron chi connectivity index (χ0n) is 8.66. The molecule has 2 aromatic rings. The summed E-state index contributed by atoms with van der Waals surface area (Å²) in [5, 5.41) is 4.55. The van der Waals surface area contributed by atoms with Gasteiger partial charge in [0.1, 0.15) is 0 Å². The van der Waals surface area contributed by atoms with Gasteiger partial charge in [0.25, 0.3) is 0 Å². The molecule has 1 aliphatic heterocycles. The molecule has 0 unspecified atom stereocenters. The van der Waals surface area contributed by atoms with Gasteiger partial charge < -0.3 is 0 Å². The molecule has 0 spiro atoms. The molecule has 0 bridgehead atoms. The summed E-state index contributed by atoms with van der Waals surface area (Å²) in [6.45, 7) is 0. The van der Waals surface area contributed by atoms with Gasteiger partial charge in [-0.15, -0.1) is 0 Å². The Hall–Kier alpha value is -1.78. The van der Waals surface area contributed by atoms with Crippen LogP contribution in [0.25, 0.3) is 11.3 Å². The number of hydrogen-bond donors (Lipinski definition) is 0. The molecule has 0 saturated heterocycles. The minimum atomic E-state index is -0.362. The molecular formula is C11H7N3O2Se. The van der Waals surface area contributed by atoms with E-state index in [1.54, 1.807) is 12.1 Å². The molecule has 1 aliphatic rings. The molecular weight excluding hydrogens is 285 g/mol. The first-order valence-electron chi connectivity index (χ1n) is 4.98. The van der Waals surface area contributed by atoms with Crippen molar-refractivity contribution in [2.24, 2.45) is 0 Å². The number of carbonyl (C=O) groups is 1. The Morgan fingerprint density at radius 2 is 1.94 bits per heavy atom. The van der Waals surface area contributed by atoms with Crippen LogP contribution in [0.15, 0.2) is 35.1 Å². The summed E-state index contributed by atoms with van der Waals surface area (Å²) in [4.78, 5) is 27.3. The summed E-state index contributed by atoms with van der Waals surface area (Å²) in [5.74, 6) is -0.0790. The van der Waals surface area contributed by atoms with Crippen LogP contribution in [0.4, 0.5) is 0 Å². The molecule has 0 atom stereocenters. The van der Waals surface area contributed by atoms with E-state index in [-0.39, 0.29) is 32.1 Å². The average Bonchev–Trinajstić information content (AvgIpc) is 2.70. The van der Waals surface area contributed by atoms with Gasteiger partial charge in [0.05, 0.1) is 0 Å². The number of carbonyl (C=O) groups excluding carboxylic acids is 1. The second-order valence-electron chi connectivity index (χ2n) is 3.51. The Labute approximate surface area is 103 Å². The number of fused-ring (bicyclic) bond motifs is 1. The van der Waals surface area contributed by atoms with E-state index >= 15 is 0 Å². The fourth-order valence-corrected chi connectivity index (χ4v) is 3.24. The Morgan fingerprint density at radius 1 is 1.18 bits per heavy atom. The number of hydrogen-bond acceptors (Lipinski definition) is 4. The predicted octanol–water partition coefficient (Wildman–Crippen LogP) is -0.293. The van der Waals surface area contributed by atoms with Crippen molar-refractivity contribution in [2.45, 2.75) is 5.32 Å². The fraction of sp³-hybridized carbons (Fsp3) is 0.0909. The molecule has 17 heavy (non-hydrogen) atoms. The molecule has 5 nitrogen and oxygen atoms in total. The van der Waals surface area contributed by atoms with Crippen molar-refractivity contribution < 1.29 is 4.79 Å². The van der Waals surface area contributed by atoms with E-state index in [0.29, 0.717) is 15.6 Å². The summed E-state index contributed by atoms with van der Waals surface area (Å²) in [5.41, 5.74) is 0.562. The first-order chi connectivity index (χ1) is 8.25. The molecule has 2 heterocycles. The van der Waals surface area contributed by atoms with Crippen LogP contribution in [0.1, 0.15) is 4.79 Å². The van der Waals surface area contributed by atoms with E-state index in [1.165, 1.54) is 4.68 Å². The monoisotopic (exact) mass is 293 g/mol. The van der Waals surface area contributed by atoms with Gasteiger partial charge in [0.15, 0.2) is 0 Å². The zero-order valence-corrected chi connectivity index (χ0v) is 10.4. The van der Waals surface area contributed by atoms with Crippen molar-refractivity contribution in [2.75, 3.05) is 0 Å². The van der Waals surface area contributed by atoms with Crippen LogP contribution in [0.3, 0.4) is 0 Å². The second-order valence-corrected chi connectivity index (χ2v) is 5.49. The number of benzene rings is 1. The second kappa shape index (κ2) is 3.91. The summed E-state index contributed by atoms with van der Waals surface area (Å²) in [6.07, 6.45) is 0. The van der Waals surface area contributed by atoms with E-state index < -0.39 is 0 Å². The molecule has 1 aromatic carbocycles. The maximum absolute atomic E-state index is 11.8. The van der Waals surface area contributed by atoms with Gasteiger partial charge in [0, 0.05) is 0 Å². The average molecular weight is 292 g/mol. The summed E-state index contributed by atoms with van der Waals surface area (Å²) in [6, 6.07) is 9.06. The third-order valence-electron chi connectivity index (χ3n) is 2.39. The Morgan fingerprint density at radius 3 is 2.71 bits per heavy atom. The summed E-state index contributed by atoms with van der Waals surface area (Å²) >= 11 is -0.0571. The molecule has 6 heteroatoms. The van der Waals surface area contributed by atoms with Crippen molar-refractivity contribution in [1.29, 1.82) is 0 Å². The van der Waals surface area contributed by atoms with Crippen LogP contribution >= 0.6 is 0 Å². The van der Waals surface area contributed by atoms with Gasteiger partial charge in [-0.2, -0.15) is 0 Å². The minimum absolute atomic E-state index is 0.0571. The molecule has 0 amide bonds. The Bertz CT molecular complexity index is 652. The van der Waals surface area contributed by atoms with Crippen LogP contribution < -0.4 is 10.3 Å². The number of aromatic nitrogens is 3. The Balaban J connectivity index is 2.23. The quantitative estimate of drug-likeness (QED) is 0.677. The van der Waals surface area contributed by atoms with E-state index in [9.17, 15) is 9.59 Å². The van der Waals surface area contributed by atoms with E-state index in [4.69, 9.17) is 0 Å². The molecule has 0 aliphatic carbocycles. The van der Waals surface area contributed by atoms with Gasteiger partial charge in [-0.3, -0.25) is 0 Å². The molecule has 84 valence electrons. The van der Waals surface area contributed by atoms with Crippen LogP contribution in [-0.2, 0) is 0 Å². The van der Waals surface area contributed by atoms with Crippen LogP contribution in [0.5, 0.6) is 0 Å². The van der Waals surface area contributed by atoms with Crippen LogP contribution in [0.2, 0.25) is 5.32 Å². The first kappa shape index (κ1) is 10.4. The third-order valence-corrected chi connectivity index (χ3v) is 4.31. The first-order valence-corrected chi connectivity index (χ1v) is 7.05. The van der Waals surface area contributed by atoms with Crippen molar-refractivity contribution in [3.05, 3.63) is 40.7 Å². The molecule has 0 N–H and O–H groups in total. The molecule has 0 fully saturated rings. The van der Waals surface area contributed by atoms with Crippen molar-refractivity contribution in [1.82, 2.24) is 14.8 Å². The standard InChI is InChI=1S/C11H7N3O2Se/c15-8-6-17-11-12-10(16)9(13-14(8)11)7-4-2-1-3-5-7/h1-5H,6H2. The van der Waals surface area contributed by atoms with Gasteiger partial charge in [-0.25, -0.2) is 0 Å². The molecule has 3 rings (SSSR count). The number of rotatable bonds is 1. The molecule has 0 saturated carbocycles. The summed E-state index contributed by atoms with van der Waals surface area (Å²) in [7, 11) is 0. The topological polar surface area (TPSA) is 64.8 Å². The third kappa shape index (κ3) is 1.71. The number of nitrogens with zero attached hydrogens (tertiary/aromatic N) is 3. The van der Waals surface area contributed by atoms with Crippen LogP contribution in [0, 0.1) is 0 Å². The van der Waals surface area contributed by atoms with E-state index in [1.807, 2.05) is 18.2 Å². The van der Waals surface area contributed by atoms with Crippen molar-refractivity contribution in [3.63, 3.8) is 0 Å². The molecule has 1 aromatic heterocycles. The molecule has 0 radical (unpaired) electrons. The summed E-state index contributed by atoms with van der Waals surface area (Å²) < 4.78 is 1.79. The van der Waals surface area contributed by atoms with Gasteiger partial charge in [-0.1, -0.05) is 0 Å². The van der Waals surface area contributed by atoms with Crippen molar-refractivity contribution in [3.8, 4) is 11.3 Å². The SMILES string of the molecule is O=C1C[Se]c2nc(=O)c(-c3ccccc3)nn21. The van der Waals surface area contributed by atoms with Gasteiger partial charge in [-0.05, 0) is 0 Å². The van der Waals surface area contributed by atoms with E-state index in [2.05, 4.69) is 10.1 Å². The van der Waals surface area contributed by atoms with Gasteiger partial charge in [0.2, 0.25) is 0 Å². The normalized spacial score (nSPS) is 13.8. The van der Waals surface area contributed by atoms with Gasteiger partial charge >= 0.3 is 102 Å². The van der Waals surface area contributed by atoms with Crippen LogP contribution in [-0.4, -0.2) is 35.6 Å². The van der Waals surface area contributed by atoms with Crippen molar-refractivity contribution >= 4 is 25.6 Å².